The van der Waals surface area contributed by atoms with Gasteiger partial charge in [0.2, 0.25) is 11.6 Å². The minimum atomic E-state index is -4.88. The number of anilines is 3. The Kier molecular flexibility index (Phi) is 13.3. The van der Waals surface area contributed by atoms with Crippen molar-refractivity contribution in [1.29, 1.82) is 0 Å². The molecule has 0 bridgehead atoms. The van der Waals surface area contributed by atoms with E-state index in [2.05, 4.69) is 40.9 Å². The minimum Gasteiger partial charge on any atom is -0.457 e. The standard InChI is InChI=1S/C27H16F4N4O2.C22H14F4N4O2/c1-14-5-6-16(12-32-14)23-13-33-20-8-7-18(10-21(20)34-23)37-26-24(30)19(29)11-22(25(26)31)35-27(36)15-3-2-4-17(28)9-15;23-18-6-4-14(11-17(18)22(24,25)26)30-21(31)29-13-2-1-3-15(10-13)32-16-5-7-19-20(12-16)28-9-8-27-19/h2-13H,1H3,(H,35,36);1-12H,(H2,29,30,31). The third kappa shape index (κ3) is 11.3. The fourth-order valence-corrected chi connectivity index (χ4v) is 6.41. The van der Waals surface area contributed by atoms with Gasteiger partial charge in [-0.2, -0.15) is 17.6 Å². The summed E-state index contributed by atoms with van der Waals surface area (Å²) >= 11 is 0. The first-order valence-electron chi connectivity index (χ1n) is 20.1. The first-order valence-corrected chi connectivity index (χ1v) is 20.1. The number of carbonyl (C=O) groups excluding carboxylic acids is 2. The van der Waals surface area contributed by atoms with Crippen molar-refractivity contribution in [2.24, 2.45) is 0 Å². The zero-order chi connectivity index (χ0) is 48.8. The number of hydrogen-bond acceptors (Lipinski definition) is 9. The van der Waals surface area contributed by atoms with Crippen LogP contribution in [0.4, 0.5) is 57.0 Å². The second-order valence-corrected chi connectivity index (χ2v) is 14.6. The van der Waals surface area contributed by atoms with E-state index < -0.39 is 64.2 Å². The number of nitrogens with one attached hydrogen (secondary N) is 3. The van der Waals surface area contributed by atoms with Crippen molar-refractivity contribution in [1.82, 2.24) is 24.9 Å². The summed E-state index contributed by atoms with van der Waals surface area (Å²) < 4.78 is 120. The number of nitrogens with zero attached hydrogens (tertiary/aromatic N) is 5. The summed E-state index contributed by atoms with van der Waals surface area (Å²) in [6.45, 7) is 1.85. The van der Waals surface area contributed by atoms with Gasteiger partial charge in [0.15, 0.2) is 11.6 Å². The fourth-order valence-electron chi connectivity index (χ4n) is 6.41. The number of urea groups is 1. The molecule has 0 unspecified atom stereocenters. The lowest BCUT2D eigenvalue weighted by molar-refractivity contribution is -0.139. The highest BCUT2D eigenvalue weighted by molar-refractivity contribution is 6.04. The Morgan fingerprint density at radius 2 is 1.25 bits per heavy atom. The molecule has 20 heteroatoms. The van der Waals surface area contributed by atoms with E-state index in [-0.39, 0.29) is 17.0 Å². The molecule has 3 amide bonds. The van der Waals surface area contributed by atoms with E-state index in [1.807, 2.05) is 19.1 Å². The van der Waals surface area contributed by atoms with Crippen LogP contribution in [0.1, 0.15) is 21.6 Å². The van der Waals surface area contributed by atoms with E-state index in [9.17, 15) is 40.3 Å². The van der Waals surface area contributed by atoms with Crippen molar-refractivity contribution < 1.29 is 54.2 Å². The molecular weight excluding hydrogens is 917 g/mol. The van der Waals surface area contributed by atoms with Gasteiger partial charge in [0.1, 0.15) is 28.9 Å². The summed E-state index contributed by atoms with van der Waals surface area (Å²) in [6, 6.07) is 26.0. The van der Waals surface area contributed by atoms with Gasteiger partial charge >= 0.3 is 12.2 Å². The molecule has 0 fully saturated rings. The molecule has 12 nitrogen and oxygen atoms in total. The fraction of sp³-hybridized carbons (Fsp3) is 0.0408. The summed E-state index contributed by atoms with van der Waals surface area (Å²) in [5.74, 6) is -7.64. The van der Waals surface area contributed by atoms with E-state index >= 15 is 4.39 Å². The van der Waals surface area contributed by atoms with E-state index in [4.69, 9.17) is 9.47 Å². The van der Waals surface area contributed by atoms with Gasteiger partial charge in [0.25, 0.3) is 5.91 Å². The topological polar surface area (TPSA) is 153 Å². The molecule has 0 spiro atoms. The quantitative estimate of drug-likeness (QED) is 0.0948. The number of pyridine rings is 1. The van der Waals surface area contributed by atoms with Crippen LogP contribution in [0, 0.1) is 36.0 Å². The average molecular weight is 947 g/mol. The maximum atomic E-state index is 15.1. The molecule has 9 aromatic rings. The van der Waals surface area contributed by atoms with E-state index in [1.165, 1.54) is 36.4 Å². The van der Waals surface area contributed by atoms with Crippen molar-refractivity contribution in [2.75, 3.05) is 16.0 Å². The van der Waals surface area contributed by atoms with Crippen LogP contribution in [-0.4, -0.2) is 36.9 Å². The number of amides is 3. The molecule has 0 saturated heterocycles. The van der Waals surface area contributed by atoms with E-state index in [0.717, 1.165) is 23.9 Å². The monoisotopic (exact) mass is 946 g/mol. The van der Waals surface area contributed by atoms with Crippen molar-refractivity contribution in [3.05, 3.63) is 192 Å². The maximum absolute atomic E-state index is 15.1. The van der Waals surface area contributed by atoms with Crippen molar-refractivity contribution in [3.8, 4) is 34.3 Å². The Morgan fingerprint density at radius 1 is 0.565 bits per heavy atom. The largest absolute Gasteiger partial charge is 0.457 e. The number of alkyl halides is 3. The number of benzene rings is 6. The number of halogens is 8. The lowest BCUT2D eigenvalue weighted by Crippen LogP contribution is -2.20. The highest BCUT2D eigenvalue weighted by atomic mass is 19.4. The highest BCUT2D eigenvalue weighted by Gasteiger charge is 2.34. The second-order valence-electron chi connectivity index (χ2n) is 14.6. The smallest absolute Gasteiger partial charge is 0.419 e. The minimum absolute atomic E-state index is 0.0493. The van der Waals surface area contributed by atoms with E-state index in [1.54, 1.807) is 61.2 Å². The molecule has 0 saturated carbocycles. The molecule has 3 N–H and O–H groups in total. The normalized spacial score (nSPS) is 11.1. The molecule has 0 radical (unpaired) electrons. The SMILES string of the molecule is Cc1ccc(-c2cnc3ccc(Oc4c(F)c(F)cc(NC(=O)c5cccc(F)c5)c4F)cc3n2)cn1.O=C(Nc1cccc(Oc2ccc3nccnc3c2)c1)Nc1ccc(F)c(C(F)(F)F)c1. The van der Waals surface area contributed by atoms with Crippen LogP contribution >= 0.6 is 0 Å². The van der Waals surface area contributed by atoms with Crippen molar-refractivity contribution in [3.63, 3.8) is 0 Å². The Labute approximate surface area is 384 Å². The number of carbonyl (C=O) groups is 2. The van der Waals surface area contributed by atoms with Gasteiger partial charge in [-0.3, -0.25) is 24.7 Å². The Bertz CT molecular complexity index is 3400. The Morgan fingerprint density at radius 3 is 1.97 bits per heavy atom. The summed E-state index contributed by atoms with van der Waals surface area (Å²) in [5.41, 5.74) is 2.10. The zero-order valence-corrected chi connectivity index (χ0v) is 35.2. The summed E-state index contributed by atoms with van der Waals surface area (Å²) in [7, 11) is 0. The molecular formula is C49H30F8N8O4. The molecule has 0 aliphatic heterocycles. The van der Waals surface area contributed by atoms with Crippen LogP contribution in [0.25, 0.3) is 33.3 Å². The van der Waals surface area contributed by atoms with Gasteiger partial charge in [0, 0.05) is 71.1 Å². The number of aryl methyl sites for hydroxylation is 1. The van der Waals surface area contributed by atoms with Crippen LogP contribution in [0.2, 0.25) is 0 Å². The zero-order valence-electron chi connectivity index (χ0n) is 35.2. The van der Waals surface area contributed by atoms with Gasteiger partial charge in [-0.1, -0.05) is 12.1 Å². The molecule has 3 aromatic heterocycles. The lowest BCUT2D eigenvalue weighted by atomic mass is 10.2. The highest BCUT2D eigenvalue weighted by Crippen LogP contribution is 2.36. The first-order chi connectivity index (χ1) is 33.1. The second kappa shape index (κ2) is 19.8. The summed E-state index contributed by atoms with van der Waals surface area (Å²) in [5, 5.41) is 6.85. The molecule has 69 heavy (non-hydrogen) atoms. The average Bonchev–Trinajstić information content (AvgIpc) is 3.32. The van der Waals surface area contributed by atoms with Crippen LogP contribution in [0.15, 0.2) is 146 Å². The summed E-state index contributed by atoms with van der Waals surface area (Å²) in [4.78, 5) is 46.0. The van der Waals surface area contributed by atoms with Crippen LogP contribution in [0.3, 0.4) is 0 Å². The van der Waals surface area contributed by atoms with Crippen molar-refractivity contribution >= 4 is 51.1 Å². The predicted molar refractivity (Wildman–Crippen MR) is 238 cm³/mol. The van der Waals surface area contributed by atoms with Crippen LogP contribution in [0.5, 0.6) is 23.0 Å². The van der Waals surface area contributed by atoms with Gasteiger partial charge in [-0.25, -0.2) is 27.3 Å². The van der Waals surface area contributed by atoms with Crippen LogP contribution < -0.4 is 25.4 Å². The summed E-state index contributed by atoms with van der Waals surface area (Å²) in [6.07, 6.45) is 1.47. The molecule has 9 rings (SSSR count). The van der Waals surface area contributed by atoms with Gasteiger partial charge in [-0.15, -0.1) is 0 Å². The number of fused-ring (bicyclic) bond motifs is 2. The molecule has 0 atom stereocenters. The van der Waals surface area contributed by atoms with Gasteiger partial charge < -0.3 is 25.4 Å². The number of ether oxygens (including phenoxy) is 2. The van der Waals surface area contributed by atoms with Crippen molar-refractivity contribution in [2.45, 2.75) is 13.1 Å². The van der Waals surface area contributed by atoms with Gasteiger partial charge in [-0.05, 0) is 91.9 Å². The maximum Gasteiger partial charge on any atom is 0.419 e. The third-order valence-electron chi connectivity index (χ3n) is 9.69. The third-order valence-corrected chi connectivity index (χ3v) is 9.69. The predicted octanol–water partition coefficient (Wildman–Crippen LogP) is 12.8. The molecule has 0 aliphatic rings. The molecule has 0 aliphatic carbocycles. The van der Waals surface area contributed by atoms with Crippen LogP contribution in [-0.2, 0) is 6.18 Å². The van der Waals surface area contributed by atoms with E-state index in [0.29, 0.717) is 68.7 Å². The molecule has 346 valence electrons. The first kappa shape index (κ1) is 46.5. The Balaban J connectivity index is 0.000000188. The number of rotatable bonds is 9. The lowest BCUT2D eigenvalue weighted by Gasteiger charge is -2.13. The molecule has 6 aromatic carbocycles. The number of aromatic nitrogens is 5. The Hall–Kier alpha value is -9.07. The number of hydrogen-bond donors (Lipinski definition) is 3. The van der Waals surface area contributed by atoms with Gasteiger partial charge in [0.05, 0.1) is 45.2 Å². The molecule has 3 heterocycles.